The van der Waals surface area contributed by atoms with Crippen LogP contribution in [0.3, 0.4) is 0 Å². The molecule has 0 bridgehead atoms. The lowest BCUT2D eigenvalue weighted by Crippen LogP contribution is -2.26. The highest BCUT2D eigenvalue weighted by molar-refractivity contribution is 5.97. The van der Waals surface area contributed by atoms with Gasteiger partial charge in [0.2, 0.25) is 0 Å². The zero-order chi connectivity index (χ0) is 20.0. The molecule has 146 valence electrons. The van der Waals surface area contributed by atoms with Crippen molar-refractivity contribution >= 4 is 16.8 Å². The highest BCUT2D eigenvalue weighted by Gasteiger charge is 2.29. The van der Waals surface area contributed by atoms with Crippen LogP contribution < -0.4 is 0 Å². The van der Waals surface area contributed by atoms with E-state index in [2.05, 4.69) is 28.3 Å². The molecule has 1 aliphatic heterocycles. The third-order valence-electron chi connectivity index (χ3n) is 5.69. The van der Waals surface area contributed by atoms with Crippen molar-refractivity contribution in [3.8, 4) is 0 Å². The Kier molecular flexibility index (Phi) is 4.27. The van der Waals surface area contributed by atoms with E-state index in [1.807, 2.05) is 19.3 Å². The molecular weight excluding hydrogens is 367 g/mol. The van der Waals surface area contributed by atoms with E-state index < -0.39 is 0 Å². The molecular formula is C23H21FN4O. The van der Waals surface area contributed by atoms with Gasteiger partial charge in [0.25, 0.3) is 5.91 Å². The third kappa shape index (κ3) is 3.24. The van der Waals surface area contributed by atoms with E-state index in [4.69, 9.17) is 0 Å². The van der Waals surface area contributed by atoms with Gasteiger partial charge in [-0.3, -0.25) is 14.5 Å². The van der Waals surface area contributed by atoms with Crippen molar-refractivity contribution in [1.82, 2.24) is 19.7 Å². The standard InChI is InChI=1S/C23H21FN4O/c1-27-12-17-8-7-16(11-21(17)26-27)15-4-2-6-20(24)18(10-15)13-28-14-22-19(23(28)29)5-3-9-25-22/h3,5-12,15H,2,4,13-14H2,1H3. The summed E-state index contributed by atoms with van der Waals surface area (Å²) in [6.45, 7) is 0.671. The molecule has 2 aromatic heterocycles. The van der Waals surface area contributed by atoms with E-state index in [9.17, 15) is 9.18 Å². The zero-order valence-corrected chi connectivity index (χ0v) is 16.2. The second kappa shape index (κ2) is 6.95. The minimum Gasteiger partial charge on any atom is -0.328 e. The van der Waals surface area contributed by atoms with E-state index in [1.54, 1.807) is 34.0 Å². The van der Waals surface area contributed by atoms with E-state index in [-0.39, 0.29) is 24.2 Å². The fourth-order valence-corrected chi connectivity index (χ4v) is 4.22. The molecule has 1 aromatic carbocycles. The molecule has 0 saturated heterocycles. The molecule has 0 spiro atoms. The Bertz CT molecular complexity index is 1180. The molecule has 0 N–H and O–H groups in total. The molecule has 5 rings (SSSR count). The average Bonchev–Trinajstić information content (AvgIpc) is 3.18. The molecule has 1 atom stereocenters. The Balaban J connectivity index is 1.44. The normalized spacial score (nSPS) is 19.2. The summed E-state index contributed by atoms with van der Waals surface area (Å²) >= 11 is 0. The van der Waals surface area contributed by atoms with Crippen molar-refractivity contribution in [2.24, 2.45) is 7.05 Å². The van der Waals surface area contributed by atoms with Crippen molar-refractivity contribution in [3.63, 3.8) is 0 Å². The van der Waals surface area contributed by atoms with Crippen LogP contribution in [-0.2, 0) is 13.6 Å². The first-order valence-corrected chi connectivity index (χ1v) is 9.82. The summed E-state index contributed by atoms with van der Waals surface area (Å²) in [7, 11) is 1.91. The Morgan fingerprint density at radius 3 is 3.03 bits per heavy atom. The van der Waals surface area contributed by atoms with Crippen LogP contribution >= 0.6 is 0 Å². The Hall–Kier alpha value is -3.28. The van der Waals surface area contributed by atoms with Gasteiger partial charge in [0.1, 0.15) is 5.83 Å². The number of carbonyl (C=O) groups excluding carboxylic acids is 1. The Labute approximate surface area is 168 Å². The highest BCUT2D eigenvalue weighted by Crippen LogP contribution is 2.33. The number of nitrogens with zero attached hydrogens (tertiary/aromatic N) is 4. The predicted molar refractivity (Wildman–Crippen MR) is 109 cm³/mol. The quantitative estimate of drug-likeness (QED) is 0.673. The second-order valence-electron chi connectivity index (χ2n) is 7.71. The molecule has 0 radical (unpaired) electrons. The summed E-state index contributed by atoms with van der Waals surface area (Å²) < 4.78 is 16.6. The van der Waals surface area contributed by atoms with Crippen LogP contribution in [0.2, 0.25) is 0 Å². The van der Waals surface area contributed by atoms with Gasteiger partial charge < -0.3 is 4.90 Å². The number of halogens is 1. The molecule has 3 heterocycles. The zero-order valence-electron chi connectivity index (χ0n) is 16.2. The van der Waals surface area contributed by atoms with Crippen LogP contribution in [0.15, 0.2) is 66.3 Å². The summed E-state index contributed by atoms with van der Waals surface area (Å²) in [5.41, 5.74) is 4.00. The van der Waals surface area contributed by atoms with Crippen LogP contribution in [0.4, 0.5) is 4.39 Å². The predicted octanol–water partition coefficient (Wildman–Crippen LogP) is 4.28. The highest BCUT2D eigenvalue weighted by atomic mass is 19.1. The number of aryl methyl sites for hydroxylation is 1. The lowest BCUT2D eigenvalue weighted by molar-refractivity contribution is 0.0792. The van der Waals surface area contributed by atoms with E-state index >= 15 is 0 Å². The van der Waals surface area contributed by atoms with E-state index in [0.717, 1.165) is 28.6 Å². The molecule has 0 fully saturated rings. The number of hydrogen-bond donors (Lipinski definition) is 0. The summed E-state index contributed by atoms with van der Waals surface area (Å²) in [5, 5.41) is 5.58. The van der Waals surface area contributed by atoms with Crippen LogP contribution in [0.1, 0.15) is 40.4 Å². The van der Waals surface area contributed by atoms with E-state index in [0.29, 0.717) is 24.1 Å². The smallest absolute Gasteiger partial charge is 0.256 e. The lowest BCUT2D eigenvalue weighted by Gasteiger charge is -2.18. The van der Waals surface area contributed by atoms with Crippen LogP contribution in [-0.4, -0.2) is 32.1 Å². The maximum Gasteiger partial charge on any atom is 0.256 e. The molecule has 1 unspecified atom stereocenters. The van der Waals surface area contributed by atoms with Gasteiger partial charge in [-0.25, -0.2) is 4.39 Å². The number of amides is 1. The monoisotopic (exact) mass is 388 g/mol. The maximum atomic E-state index is 14.8. The second-order valence-corrected chi connectivity index (χ2v) is 7.71. The van der Waals surface area contributed by atoms with Gasteiger partial charge in [0.05, 0.1) is 23.3 Å². The molecule has 29 heavy (non-hydrogen) atoms. The first kappa shape index (κ1) is 17.8. The van der Waals surface area contributed by atoms with Crippen LogP contribution in [0.5, 0.6) is 0 Å². The number of hydrogen-bond acceptors (Lipinski definition) is 3. The molecule has 0 saturated carbocycles. The van der Waals surface area contributed by atoms with Crippen molar-refractivity contribution in [2.45, 2.75) is 25.3 Å². The minimum absolute atomic E-state index is 0.0825. The van der Waals surface area contributed by atoms with Gasteiger partial charge in [-0.2, -0.15) is 5.10 Å². The first-order valence-electron chi connectivity index (χ1n) is 9.82. The molecule has 2 aliphatic rings. The number of fused-ring (bicyclic) bond motifs is 2. The van der Waals surface area contributed by atoms with Gasteiger partial charge in [0, 0.05) is 42.9 Å². The first-order chi connectivity index (χ1) is 14.1. The fraction of sp³-hybridized carbons (Fsp3) is 0.261. The van der Waals surface area contributed by atoms with Crippen molar-refractivity contribution in [3.05, 3.63) is 83.1 Å². The van der Waals surface area contributed by atoms with E-state index in [1.165, 1.54) is 0 Å². The van der Waals surface area contributed by atoms with Gasteiger partial charge in [-0.1, -0.05) is 18.2 Å². The molecule has 5 nitrogen and oxygen atoms in total. The fourth-order valence-electron chi connectivity index (χ4n) is 4.22. The van der Waals surface area contributed by atoms with Crippen LogP contribution in [0.25, 0.3) is 10.9 Å². The minimum atomic E-state index is -0.233. The van der Waals surface area contributed by atoms with Crippen molar-refractivity contribution < 1.29 is 9.18 Å². The number of pyridine rings is 1. The number of benzene rings is 1. The SMILES string of the molecule is Cn1cc2ccc(C3C=C(CN4Cc5ncccc5C4=O)C(F)=CCC3)cc2n1. The number of rotatable bonds is 3. The summed E-state index contributed by atoms with van der Waals surface area (Å²) in [5.74, 6) is -0.236. The van der Waals surface area contributed by atoms with Crippen molar-refractivity contribution in [1.29, 1.82) is 0 Å². The molecule has 6 heteroatoms. The average molecular weight is 388 g/mol. The summed E-state index contributed by atoms with van der Waals surface area (Å²) in [6.07, 6.45) is 8.77. The molecule has 1 amide bonds. The Morgan fingerprint density at radius 2 is 2.17 bits per heavy atom. The van der Waals surface area contributed by atoms with Gasteiger partial charge in [-0.05, 0) is 42.7 Å². The topological polar surface area (TPSA) is 51.0 Å². The third-order valence-corrected chi connectivity index (χ3v) is 5.69. The molecule has 3 aromatic rings. The number of carbonyl (C=O) groups is 1. The number of aromatic nitrogens is 3. The Morgan fingerprint density at radius 1 is 1.28 bits per heavy atom. The summed E-state index contributed by atoms with van der Waals surface area (Å²) in [6, 6.07) is 9.77. The summed E-state index contributed by atoms with van der Waals surface area (Å²) in [4.78, 5) is 18.6. The van der Waals surface area contributed by atoms with Crippen molar-refractivity contribution in [2.75, 3.05) is 6.54 Å². The van der Waals surface area contributed by atoms with Gasteiger partial charge in [-0.15, -0.1) is 0 Å². The molecule has 1 aliphatic carbocycles. The number of allylic oxidation sites excluding steroid dienone is 2. The van der Waals surface area contributed by atoms with Gasteiger partial charge in [0.15, 0.2) is 0 Å². The largest absolute Gasteiger partial charge is 0.328 e. The maximum absolute atomic E-state index is 14.8. The van der Waals surface area contributed by atoms with Crippen LogP contribution in [0, 0.1) is 0 Å². The van der Waals surface area contributed by atoms with Gasteiger partial charge >= 0.3 is 0 Å². The lowest BCUT2D eigenvalue weighted by atomic mass is 9.93.